The first-order chi connectivity index (χ1) is 13.2. The Morgan fingerprint density at radius 1 is 1.00 bits per heavy atom. The number of carbonyl (C=O) groups excluding carboxylic acids is 1. The van der Waals surface area contributed by atoms with Crippen LogP contribution in [0.25, 0.3) is 0 Å². The molecule has 0 bridgehead atoms. The van der Waals surface area contributed by atoms with Gasteiger partial charge in [-0.05, 0) is 55.5 Å². The van der Waals surface area contributed by atoms with Gasteiger partial charge in [0.05, 0.1) is 6.10 Å². The van der Waals surface area contributed by atoms with Crippen molar-refractivity contribution >= 4 is 5.78 Å². The van der Waals surface area contributed by atoms with Crippen molar-refractivity contribution < 1.29 is 9.90 Å². The summed E-state index contributed by atoms with van der Waals surface area (Å²) in [5, 5.41) is 10.7. The third kappa shape index (κ3) is 3.85. The van der Waals surface area contributed by atoms with Crippen LogP contribution in [-0.2, 0) is 19.3 Å². The number of ketones is 1. The van der Waals surface area contributed by atoms with Gasteiger partial charge in [-0.15, -0.1) is 0 Å². The van der Waals surface area contributed by atoms with E-state index in [1.807, 2.05) is 12.1 Å². The largest absolute Gasteiger partial charge is 0.391 e. The number of aliphatic hydroxyl groups is 1. The van der Waals surface area contributed by atoms with Gasteiger partial charge in [0.2, 0.25) is 0 Å². The first kappa shape index (κ1) is 18.4. The number of aryl methyl sites for hydroxylation is 1. The Balaban J connectivity index is 1.38. The number of Topliss-reactive ketones (excluding diaryl/α,β-unsaturated/α-hetero) is 1. The number of nitrogens with zero attached hydrogens (tertiary/aromatic N) is 1. The van der Waals surface area contributed by atoms with Crippen molar-refractivity contribution in [1.82, 2.24) is 4.90 Å². The van der Waals surface area contributed by atoms with Crippen LogP contribution in [0.1, 0.15) is 46.8 Å². The van der Waals surface area contributed by atoms with E-state index >= 15 is 0 Å². The lowest BCUT2D eigenvalue weighted by molar-refractivity contribution is 0.0239. The van der Waals surface area contributed by atoms with Gasteiger partial charge in [0.15, 0.2) is 5.78 Å². The molecule has 0 amide bonds. The smallest absolute Gasteiger partial charge is 0.166 e. The average molecular weight is 364 g/mol. The summed E-state index contributed by atoms with van der Waals surface area (Å²) in [5.41, 5.74) is 4.76. The summed E-state index contributed by atoms with van der Waals surface area (Å²) in [6.45, 7) is 3.92. The van der Waals surface area contributed by atoms with E-state index in [9.17, 15) is 9.90 Å². The van der Waals surface area contributed by atoms with Crippen LogP contribution in [0.5, 0.6) is 0 Å². The number of aliphatic hydroxyl groups excluding tert-OH is 1. The Morgan fingerprint density at radius 2 is 1.63 bits per heavy atom. The van der Waals surface area contributed by atoms with Gasteiger partial charge in [-0.2, -0.15) is 0 Å². The number of piperidine rings is 1. The maximum Gasteiger partial charge on any atom is 0.166 e. The van der Waals surface area contributed by atoms with Gasteiger partial charge < -0.3 is 5.11 Å². The zero-order valence-electron chi connectivity index (χ0n) is 16.1. The number of rotatable bonds is 4. The summed E-state index contributed by atoms with van der Waals surface area (Å²) < 4.78 is 0. The molecular weight excluding hydrogens is 334 g/mol. The molecule has 1 aliphatic carbocycles. The van der Waals surface area contributed by atoms with Crippen molar-refractivity contribution in [1.29, 1.82) is 0 Å². The highest BCUT2D eigenvalue weighted by molar-refractivity contribution is 5.97. The van der Waals surface area contributed by atoms with E-state index in [2.05, 4.69) is 48.2 Å². The van der Waals surface area contributed by atoms with Crippen molar-refractivity contribution in [2.75, 3.05) is 13.1 Å². The highest BCUT2D eigenvalue weighted by atomic mass is 16.3. The lowest BCUT2D eigenvalue weighted by atomic mass is 9.83. The first-order valence-electron chi connectivity index (χ1n) is 10.3. The number of hydrogen-bond donors (Lipinski definition) is 1. The molecule has 0 saturated carbocycles. The standard InChI is InChI=1S/C24H29NO2/c1-2-17-7-9-18(10-8-17)24(27)19-11-13-25(14-12-19)22-15-20-5-3-4-6-21(20)16-23(22)26/h3-10,19,22-23,26H,2,11-16H2,1H3. The van der Waals surface area contributed by atoms with Crippen LogP contribution in [0.4, 0.5) is 0 Å². The summed E-state index contributed by atoms with van der Waals surface area (Å²) in [6.07, 6.45) is 4.12. The fraction of sp³-hybridized carbons (Fsp3) is 0.458. The molecule has 2 atom stereocenters. The quantitative estimate of drug-likeness (QED) is 0.843. The zero-order valence-corrected chi connectivity index (χ0v) is 16.1. The second-order valence-electron chi connectivity index (χ2n) is 8.04. The summed E-state index contributed by atoms with van der Waals surface area (Å²) in [6, 6.07) is 16.7. The third-order valence-electron chi connectivity index (χ3n) is 6.44. The van der Waals surface area contributed by atoms with E-state index < -0.39 is 0 Å². The van der Waals surface area contributed by atoms with Crippen LogP contribution in [0.3, 0.4) is 0 Å². The molecule has 2 aliphatic rings. The predicted octanol–water partition coefficient (Wildman–Crippen LogP) is 3.67. The van der Waals surface area contributed by atoms with Gasteiger partial charge >= 0.3 is 0 Å². The second-order valence-corrected chi connectivity index (χ2v) is 8.04. The van der Waals surface area contributed by atoms with Crippen LogP contribution in [0.15, 0.2) is 48.5 Å². The highest BCUT2D eigenvalue weighted by Crippen LogP contribution is 2.29. The average Bonchev–Trinajstić information content (AvgIpc) is 2.73. The Labute approximate surface area is 162 Å². The third-order valence-corrected chi connectivity index (χ3v) is 6.44. The number of likely N-dealkylation sites (tertiary alicyclic amines) is 1. The molecule has 1 N–H and O–H groups in total. The van der Waals surface area contributed by atoms with Crippen LogP contribution >= 0.6 is 0 Å². The molecule has 1 heterocycles. The zero-order chi connectivity index (χ0) is 18.8. The molecule has 1 fully saturated rings. The molecule has 1 aliphatic heterocycles. The van der Waals surface area contributed by atoms with Gasteiger partial charge in [0, 0.05) is 23.9 Å². The van der Waals surface area contributed by atoms with E-state index in [4.69, 9.17) is 0 Å². The lowest BCUT2D eigenvalue weighted by Gasteiger charge is -2.41. The fourth-order valence-corrected chi connectivity index (χ4v) is 4.68. The molecule has 4 rings (SSSR count). The molecule has 0 aromatic heterocycles. The van der Waals surface area contributed by atoms with Gasteiger partial charge in [0.25, 0.3) is 0 Å². The molecule has 3 heteroatoms. The van der Waals surface area contributed by atoms with E-state index in [1.165, 1.54) is 16.7 Å². The molecule has 2 unspecified atom stereocenters. The maximum atomic E-state index is 12.8. The fourth-order valence-electron chi connectivity index (χ4n) is 4.68. The minimum Gasteiger partial charge on any atom is -0.391 e. The van der Waals surface area contributed by atoms with Crippen molar-refractivity contribution in [3.8, 4) is 0 Å². The summed E-state index contributed by atoms with van der Waals surface area (Å²) in [5.74, 6) is 0.397. The molecule has 1 saturated heterocycles. The van der Waals surface area contributed by atoms with Crippen LogP contribution in [0, 0.1) is 5.92 Å². The highest BCUT2D eigenvalue weighted by Gasteiger charge is 2.35. The van der Waals surface area contributed by atoms with Gasteiger partial charge in [-0.1, -0.05) is 55.5 Å². The number of fused-ring (bicyclic) bond motifs is 1. The number of benzene rings is 2. The molecular formula is C24H29NO2. The normalized spacial score (nSPS) is 23.8. The van der Waals surface area contributed by atoms with E-state index in [1.54, 1.807) is 0 Å². The van der Waals surface area contributed by atoms with Crippen molar-refractivity contribution in [2.45, 2.75) is 51.2 Å². The summed E-state index contributed by atoms with van der Waals surface area (Å²) in [4.78, 5) is 15.2. The Hall–Kier alpha value is -1.97. The van der Waals surface area contributed by atoms with E-state index in [-0.39, 0.29) is 23.8 Å². The Kier molecular flexibility index (Phi) is 5.42. The van der Waals surface area contributed by atoms with Crippen molar-refractivity contribution in [2.24, 2.45) is 5.92 Å². The number of hydrogen-bond acceptors (Lipinski definition) is 3. The molecule has 27 heavy (non-hydrogen) atoms. The molecule has 2 aromatic carbocycles. The molecule has 2 aromatic rings. The summed E-state index contributed by atoms with van der Waals surface area (Å²) in [7, 11) is 0. The maximum absolute atomic E-state index is 12.8. The molecule has 0 radical (unpaired) electrons. The topological polar surface area (TPSA) is 40.5 Å². The Morgan fingerprint density at radius 3 is 2.26 bits per heavy atom. The molecule has 142 valence electrons. The minimum atomic E-state index is -0.311. The second kappa shape index (κ2) is 7.95. The minimum absolute atomic E-state index is 0.113. The first-order valence-corrected chi connectivity index (χ1v) is 10.3. The lowest BCUT2D eigenvalue weighted by Crippen LogP contribution is -2.51. The molecule has 3 nitrogen and oxygen atoms in total. The van der Waals surface area contributed by atoms with Crippen LogP contribution in [-0.4, -0.2) is 41.0 Å². The van der Waals surface area contributed by atoms with Crippen molar-refractivity contribution in [3.05, 3.63) is 70.8 Å². The van der Waals surface area contributed by atoms with Crippen LogP contribution in [0.2, 0.25) is 0 Å². The SMILES string of the molecule is CCc1ccc(C(=O)C2CCN(C3Cc4ccccc4CC3O)CC2)cc1. The van der Waals surface area contributed by atoms with E-state index in [0.29, 0.717) is 0 Å². The monoisotopic (exact) mass is 363 g/mol. The summed E-state index contributed by atoms with van der Waals surface area (Å²) >= 11 is 0. The van der Waals surface area contributed by atoms with E-state index in [0.717, 1.165) is 50.8 Å². The van der Waals surface area contributed by atoms with Crippen molar-refractivity contribution in [3.63, 3.8) is 0 Å². The predicted molar refractivity (Wildman–Crippen MR) is 108 cm³/mol. The van der Waals surface area contributed by atoms with Gasteiger partial charge in [-0.25, -0.2) is 0 Å². The molecule has 0 spiro atoms. The van der Waals surface area contributed by atoms with Gasteiger partial charge in [-0.3, -0.25) is 9.69 Å². The Bertz CT molecular complexity index is 790. The number of carbonyl (C=O) groups is 1. The van der Waals surface area contributed by atoms with Crippen LogP contribution < -0.4 is 0 Å². The van der Waals surface area contributed by atoms with Gasteiger partial charge in [0.1, 0.15) is 0 Å².